The third kappa shape index (κ3) is 3.41. The number of carbonyl (C=O) groups excluding carboxylic acids is 2. The van der Waals surface area contributed by atoms with Gasteiger partial charge >= 0.3 is 0 Å². The quantitative estimate of drug-likeness (QED) is 0.648. The van der Waals surface area contributed by atoms with Crippen LogP contribution in [0.5, 0.6) is 0 Å². The topological polar surface area (TPSA) is 46.2 Å². The summed E-state index contributed by atoms with van der Waals surface area (Å²) < 4.78 is 0. The number of para-hydroxylation sites is 1. The number of benzene rings is 3. The Morgan fingerprint density at radius 3 is 2.33 bits per heavy atom. The number of amides is 1. The summed E-state index contributed by atoms with van der Waals surface area (Å²) in [5.74, 6) is -0.556. The highest BCUT2D eigenvalue weighted by Gasteiger charge is 2.38. The first-order valence-corrected chi connectivity index (χ1v) is 9.18. The van der Waals surface area contributed by atoms with Gasteiger partial charge < -0.3 is 5.32 Å². The lowest BCUT2D eigenvalue weighted by molar-refractivity contribution is -0.117. The van der Waals surface area contributed by atoms with Crippen LogP contribution in [0.3, 0.4) is 0 Å². The number of aryl methyl sites for hydroxylation is 1. The Balaban J connectivity index is 1.74. The van der Waals surface area contributed by atoms with Crippen molar-refractivity contribution in [2.75, 3.05) is 5.32 Å². The van der Waals surface area contributed by atoms with Crippen molar-refractivity contribution in [3.05, 3.63) is 101 Å². The fraction of sp³-hybridized carbons (Fsp3) is 0.167. The number of hydrogen-bond donors (Lipinski definition) is 1. The van der Waals surface area contributed by atoms with Gasteiger partial charge in [0.1, 0.15) is 0 Å². The SMILES string of the molecule is Cc1ccc([C@H](CC(=O)c2ccccc2)[C@H]2C(=O)Nc3ccccc32)cc1. The van der Waals surface area contributed by atoms with Crippen molar-refractivity contribution < 1.29 is 9.59 Å². The summed E-state index contributed by atoms with van der Waals surface area (Å²) >= 11 is 0. The fourth-order valence-corrected chi connectivity index (χ4v) is 3.82. The number of Topliss-reactive ketones (excluding diaryl/α,β-unsaturated/α-hetero) is 1. The van der Waals surface area contributed by atoms with Gasteiger partial charge in [0.25, 0.3) is 0 Å². The molecule has 0 saturated carbocycles. The van der Waals surface area contributed by atoms with Gasteiger partial charge in [0.2, 0.25) is 5.91 Å². The Labute approximate surface area is 159 Å². The van der Waals surface area contributed by atoms with Crippen LogP contribution in [0.2, 0.25) is 0 Å². The van der Waals surface area contributed by atoms with E-state index in [9.17, 15) is 9.59 Å². The molecule has 3 nitrogen and oxygen atoms in total. The molecule has 1 amide bonds. The van der Waals surface area contributed by atoms with Crippen LogP contribution in [0.1, 0.15) is 45.3 Å². The number of rotatable bonds is 5. The highest BCUT2D eigenvalue weighted by molar-refractivity contribution is 6.04. The molecule has 3 aromatic carbocycles. The van der Waals surface area contributed by atoms with Crippen molar-refractivity contribution in [1.82, 2.24) is 0 Å². The molecule has 3 aromatic rings. The first kappa shape index (κ1) is 17.2. The van der Waals surface area contributed by atoms with Crippen LogP contribution in [0.4, 0.5) is 5.69 Å². The van der Waals surface area contributed by atoms with Gasteiger partial charge in [-0.2, -0.15) is 0 Å². The second kappa shape index (κ2) is 7.20. The lowest BCUT2D eigenvalue weighted by atomic mass is 9.78. The summed E-state index contributed by atoms with van der Waals surface area (Å²) in [4.78, 5) is 25.7. The van der Waals surface area contributed by atoms with Crippen molar-refractivity contribution in [3.8, 4) is 0 Å². The van der Waals surface area contributed by atoms with Crippen molar-refractivity contribution in [1.29, 1.82) is 0 Å². The number of fused-ring (bicyclic) bond motifs is 1. The average Bonchev–Trinajstić information content (AvgIpc) is 3.03. The molecule has 0 aliphatic carbocycles. The summed E-state index contributed by atoms with van der Waals surface area (Å²) in [6, 6.07) is 25.2. The van der Waals surface area contributed by atoms with Crippen molar-refractivity contribution in [2.24, 2.45) is 0 Å². The maximum absolute atomic E-state index is 12.9. The summed E-state index contributed by atoms with van der Waals surface area (Å²) in [5.41, 5.74) is 4.66. The Bertz CT molecular complexity index is 977. The second-order valence-corrected chi connectivity index (χ2v) is 7.06. The fourth-order valence-electron chi connectivity index (χ4n) is 3.82. The van der Waals surface area contributed by atoms with Crippen LogP contribution in [0.15, 0.2) is 78.9 Å². The summed E-state index contributed by atoms with van der Waals surface area (Å²) in [6.45, 7) is 2.03. The van der Waals surface area contributed by atoms with Crippen LogP contribution < -0.4 is 5.32 Å². The smallest absolute Gasteiger partial charge is 0.232 e. The van der Waals surface area contributed by atoms with E-state index in [0.29, 0.717) is 12.0 Å². The van der Waals surface area contributed by atoms with Gasteiger partial charge in [-0.3, -0.25) is 9.59 Å². The number of hydrogen-bond acceptors (Lipinski definition) is 2. The second-order valence-electron chi connectivity index (χ2n) is 7.06. The van der Waals surface area contributed by atoms with E-state index in [4.69, 9.17) is 0 Å². The lowest BCUT2D eigenvalue weighted by Gasteiger charge is -2.23. The first-order chi connectivity index (χ1) is 13.1. The maximum atomic E-state index is 12.9. The molecule has 27 heavy (non-hydrogen) atoms. The highest BCUT2D eigenvalue weighted by Crippen LogP contribution is 2.43. The van der Waals surface area contributed by atoms with E-state index in [1.807, 2.05) is 85.8 Å². The molecule has 0 radical (unpaired) electrons. The molecule has 0 bridgehead atoms. The zero-order chi connectivity index (χ0) is 18.8. The predicted molar refractivity (Wildman–Crippen MR) is 107 cm³/mol. The monoisotopic (exact) mass is 355 g/mol. The lowest BCUT2D eigenvalue weighted by Crippen LogP contribution is -2.22. The maximum Gasteiger partial charge on any atom is 0.232 e. The van der Waals surface area contributed by atoms with E-state index in [1.165, 1.54) is 0 Å². The normalized spacial score (nSPS) is 16.5. The number of nitrogens with one attached hydrogen (secondary N) is 1. The first-order valence-electron chi connectivity index (χ1n) is 9.18. The molecule has 3 heteroatoms. The van der Waals surface area contributed by atoms with E-state index in [0.717, 1.165) is 22.4 Å². The molecule has 2 atom stereocenters. The minimum atomic E-state index is -0.364. The summed E-state index contributed by atoms with van der Waals surface area (Å²) in [5, 5.41) is 2.97. The average molecular weight is 355 g/mol. The van der Waals surface area contributed by atoms with Crippen molar-refractivity contribution in [3.63, 3.8) is 0 Å². The molecule has 0 aromatic heterocycles. The van der Waals surface area contributed by atoms with E-state index < -0.39 is 0 Å². The van der Waals surface area contributed by atoms with Gasteiger partial charge in [-0.15, -0.1) is 0 Å². The molecule has 0 saturated heterocycles. The minimum Gasteiger partial charge on any atom is -0.325 e. The molecule has 1 aliphatic heterocycles. The minimum absolute atomic E-state index is 0.0392. The molecule has 4 rings (SSSR count). The number of carbonyl (C=O) groups is 2. The number of ketones is 1. The molecule has 1 heterocycles. The third-order valence-electron chi connectivity index (χ3n) is 5.25. The van der Waals surface area contributed by atoms with Crippen molar-refractivity contribution in [2.45, 2.75) is 25.2 Å². The zero-order valence-electron chi connectivity index (χ0n) is 15.2. The van der Waals surface area contributed by atoms with Crippen LogP contribution in [0, 0.1) is 6.92 Å². The van der Waals surface area contributed by atoms with Crippen LogP contribution in [-0.2, 0) is 4.79 Å². The molecule has 134 valence electrons. The van der Waals surface area contributed by atoms with Gasteiger partial charge in [0.05, 0.1) is 5.92 Å². The third-order valence-corrected chi connectivity index (χ3v) is 5.25. The molecular formula is C24H21NO2. The molecule has 0 unspecified atom stereocenters. The van der Waals surface area contributed by atoms with Crippen LogP contribution in [0.25, 0.3) is 0 Å². The standard InChI is InChI=1S/C24H21NO2/c1-16-11-13-17(14-12-16)20(15-22(26)18-7-3-2-4-8-18)23-19-9-5-6-10-21(19)25-24(23)27/h2-14,20,23H,15H2,1H3,(H,25,27)/t20-,23-/m0/s1. The Morgan fingerprint density at radius 2 is 1.59 bits per heavy atom. The van der Waals surface area contributed by atoms with Crippen LogP contribution >= 0.6 is 0 Å². The molecule has 0 spiro atoms. The van der Waals surface area contributed by atoms with Crippen molar-refractivity contribution >= 4 is 17.4 Å². The van der Waals surface area contributed by atoms with Gasteiger partial charge in [-0.25, -0.2) is 0 Å². The zero-order valence-corrected chi connectivity index (χ0v) is 15.2. The Kier molecular flexibility index (Phi) is 4.59. The van der Waals surface area contributed by atoms with Gasteiger partial charge in [0.15, 0.2) is 5.78 Å². The van der Waals surface area contributed by atoms with E-state index >= 15 is 0 Å². The molecule has 1 N–H and O–H groups in total. The predicted octanol–water partition coefficient (Wildman–Crippen LogP) is 5.09. The van der Waals surface area contributed by atoms with E-state index in [1.54, 1.807) is 0 Å². The van der Waals surface area contributed by atoms with Crippen LogP contribution in [-0.4, -0.2) is 11.7 Å². The van der Waals surface area contributed by atoms with E-state index in [-0.39, 0.29) is 23.5 Å². The summed E-state index contributed by atoms with van der Waals surface area (Å²) in [6.07, 6.45) is 0.291. The Morgan fingerprint density at radius 1 is 0.926 bits per heavy atom. The Hall–Kier alpha value is -3.20. The molecule has 1 aliphatic rings. The van der Waals surface area contributed by atoms with Gasteiger partial charge in [-0.1, -0.05) is 78.4 Å². The molecular weight excluding hydrogens is 334 g/mol. The molecule has 0 fully saturated rings. The largest absolute Gasteiger partial charge is 0.325 e. The van der Waals surface area contributed by atoms with E-state index in [2.05, 4.69) is 5.32 Å². The summed E-state index contributed by atoms with van der Waals surface area (Å²) in [7, 11) is 0. The number of anilines is 1. The van der Waals surface area contributed by atoms with Gasteiger partial charge in [0, 0.05) is 23.6 Å². The highest BCUT2D eigenvalue weighted by atomic mass is 16.2. The van der Waals surface area contributed by atoms with Gasteiger partial charge in [-0.05, 0) is 24.1 Å².